The Kier molecular flexibility index (Phi) is 8.62. The Morgan fingerprint density at radius 1 is 0.583 bits per heavy atom. The van der Waals surface area contributed by atoms with Gasteiger partial charge >= 0.3 is 7.60 Å². The van der Waals surface area contributed by atoms with Gasteiger partial charge in [0, 0.05) is 41.1 Å². The van der Waals surface area contributed by atoms with Gasteiger partial charge in [-0.25, -0.2) is 0 Å². The van der Waals surface area contributed by atoms with E-state index >= 15 is 0 Å². The minimum absolute atomic E-state index is 0.0640. The second-order valence-electron chi connectivity index (χ2n) is 11.7. The molecule has 7 heteroatoms. The molecule has 6 nitrogen and oxygen atoms in total. The minimum atomic E-state index is -4.78. The number of fused-ring (bicyclic) bond motifs is 3. The molecule has 0 aliphatic carbocycles. The molecule has 8 rings (SSSR count). The maximum Gasteiger partial charge on any atom is 0.340 e. The first kappa shape index (κ1) is 31.1. The predicted molar refractivity (Wildman–Crippen MR) is 194 cm³/mol. The first-order valence-corrected chi connectivity index (χ1v) is 17.4. The van der Waals surface area contributed by atoms with Crippen molar-refractivity contribution in [3.05, 3.63) is 181 Å². The predicted octanol–water partition coefficient (Wildman–Crippen LogP) is 9.44. The standard InChI is InChI=1S/C27H22NO4P.C14H11N/c29-26(17-19-14-15-20-8-4-5-9-21(20)16-19)27(33(30,31)32)24-18-28(22-10-2-1-3-11-22)25-13-7-6-12-23(24)25;1-2-7-13(8-3-1)15-11-10-12-6-4-5-9-14(12)15/h1-16,18,27H,17H2,(H2,30,31,32);1-11H. The number of carbonyl (C=O) groups excluding carboxylic acids is 1. The van der Waals surface area contributed by atoms with Crippen molar-refractivity contribution in [2.24, 2.45) is 0 Å². The van der Waals surface area contributed by atoms with Crippen LogP contribution in [0.4, 0.5) is 0 Å². The van der Waals surface area contributed by atoms with Gasteiger partial charge in [-0.3, -0.25) is 9.36 Å². The van der Waals surface area contributed by atoms with Crippen LogP contribution < -0.4 is 0 Å². The van der Waals surface area contributed by atoms with Crippen LogP contribution in [0.2, 0.25) is 0 Å². The van der Waals surface area contributed by atoms with E-state index in [1.54, 1.807) is 12.3 Å². The molecule has 0 saturated carbocycles. The van der Waals surface area contributed by atoms with Crippen LogP contribution in [0.3, 0.4) is 0 Å². The zero-order valence-electron chi connectivity index (χ0n) is 26.0. The lowest BCUT2D eigenvalue weighted by molar-refractivity contribution is -0.118. The Labute approximate surface area is 278 Å². The molecule has 0 fully saturated rings. The van der Waals surface area contributed by atoms with Crippen molar-refractivity contribution in [1.82, 2.24) is 9.13 Å². The molecule has 6 aromatic carbocycles. The Hall–Kier alpha value is -5.52. The number of carbonyl (C=O) groups is 1. The van der Waals surface area contributed by atoms with Gasteiger partial charge in [0.15, 0.2) is 5.78 Å². The zero-order chi connectivity index (χ0) is 33.1. The highest BCUT2D eigenvalue weighted by molar-refractivity contribution is 7.53. The van der Waals surface area contributed by atoms with Crippen LogP contribution in [0, 0.1) is 0 Å². The molecular formula is C41H33N2O4P. The van der Waals surface area contributed by atoms with Crippen LogP contribution in [-0.2, 0) is 15.8 Å². The van der Waals surface area contributed by atoms with Gasteiger partial charge in [0.25, 0.3) is 0 Å². The summed E-state index contributed by atoms with van der Waals surface area (Å²) in [4.78, 5) is 33.9. The van der Waals surface area contributed by atoms with Crippen molar-refractivity contribution in [1.29, 1.82) is 0 Å². The van der Waals surface area contributed by atoms with Crippen molar-refractivity contribution >= 4 is 46.0 Å². The monoisotopic (exact) mass is 648 g/mol. The molecule has 0 aliphatic rings. The molecule has 8 aromatic rings. The van der Waals surface area contributed by atoms with Crippen LogP contribution in [-0.4, -0.2) is 24.7 Å². The highest BCUT2D eigenvalue weighted by Crippen LogP contribution is 2.54. The average molecular weight is 649 g/mol. The molecular weight excluding hydrogens is 615 g/mol. The molecule has 0 radical (unpaired) electrons. The third-order valence-electron chi connectivity index (χ3n) is 8.54. The molecule has 0 saturated heterocycles. The number of benzene rings is 6. The number of Topliss-reactive ketones (excluding diaryl/α,β-unsaturated/α-hetero) is 1. The van der Waals surface area contributed by atoms with Crippen molar-refractivity contribution in [3.8, 4) is 11.4 Å². The van der Waals surface area contributed by atoms with Gasteiger partial charge in [0.05, 0.1) is 11.0 Å². The summed E-state index contributed by atoms with van der Waals surface area (Å²) in [7, 11) is -4.78. The van der Waals surface area contributed by atoms with Crippen molar-refractivity contribution in [2.45, 2.75) is 12.1 Å². The number of hydrogen-bond acceptors (Lipinski definition) is 2. The van der Waals surface area contributed by atoms with E-state index in [4.69, 9.17) is 0 Å². The van der Waals surface area contributed by atoms with Crippen molar-refractivity contribution < 1.29 is 19.1 Å². The summed E-state index contributed by atoms with van der Waals surface area (Å²) in [6, 6.07) is 51.3. The molecule has 0 aliphatic heterocycles. The van der Waals surface area contributed by atoms with Crippen LogP contribution in [0.15, 0.2) is 170 Å². The molecule has 48 heavy (non-hydrogen) atoms. The maximum atomic E-state index is 13.4. The quantitative estimate of drug-likeness (QED) is 0.169. The van der Waals surface area contributed by atoms with E-state index in [9.17, 15) is 19.1 Å². The van der Waals surface area contributed by atoms with Gasteiger partial charge in [0.2, 0.25) is 0 Å². The normalized spacial score (nSPS) is 12.1. The molecule has 1 unspecified atom stereocenters. The topological polar surface area (TPSA) is 84.5 Å². The van der Waals surface area contributed by atoms with Gasteiger partial charge < -0.3 is 18.9 Å². The lowest BCUT2D eigenvalue weighted by atomic mass is 9.99. The fourth-order valence-corrected chi connectivity index (χ4v) is 7.35. The van der Waals surface area contributed by atoms with Gasteiger partial charge in [-0.1, -0.05) is 115 Å². The highest BCUT2D eigenvalue weighted by Gasteiger charge is 2.39. The summed E-state index contributed by atoms with van der Waals surface area (Å²) < 4.78 is 16.7. The minimum Gasteiger partial charge on any atom is -0.324 e. The molecule has 2 heterocycles. The van der Waals surface area contributed by atoms with E-state index in [0.717, 1.165) is 27.5 Å². The van der Waals surface area contributed by atoms with E-state index in [1.165, 1.54) is 16.6 Å². The van der Waals surface area contributed by atoms with E-state index < -0.39 is 19.0 Å². The molecule has 2 N–H and O–H groups in total. The molecule has 2 aromatic heterocycles. The summed E-state index contributed by atoms with van der Waals surface area (Å²) in [5, 5.41) is 3.96. The molecule has 0 spiro atoms. The van der Waals surface area contributed by atoms with E-state index in [2.05, 4.69) is 65.4 Å². The number of nitrogens with zero attached hydrogens (tertiary/aromatic N) is 2. The zero-order valence-corrected chi connectivity index (χ0v) is 26.9. The number of hydrogen-bond donors (Lipinski definition) is 2. The van der Waals surface area contributed by atoms with Gasteiger partial charge in [0.1, 0.15) is 5.66 Å². The van der Waals surface area contributed by atoms with Gasteiger partial charge in [-0.15, -0.1) is 0 Å². The number of ketones is 1. The second kappa shape index (κ2) is 13.3. The Morgan fingerprint density at radius 2 is 1.15 bits per heavy atom. The summed E-state index contributed by atoms with van der Waals surface area (Å²) in [6.07, 6.45) is 3.73. The first-order valence-electron chi connectivity index (χ1n) is 15.7. The van der Waals surface area contributed by atoms with Crippen LogP contribution in [0.25, 0.3) is 44.0 Å². The van der Waals surface area contributed by atoms with Crippen LogP contribution in [0.5, 0.6) is 0 Å². The first-order chi connectivity index (χ1) is 23.4. The molecule has 236 valence electrons. The lowest BCUT2D eigenvalue weighted by Gasteiger charge is -2.17. The summed E-state index contributed by atoms with van der Waals surface area (Å²) in [6.45, 7) is 0. The third kappa shape index (κ3) is 6.38. The van der Waals surface area contributed by atoms with Crippen molar-refractivity contribution in [2.75, 3.05) is 0 Å². The van der Waals surface area contributed by atoms with Crippen LogP contribution in [0.1, 0.15) is 16.8 Å². The number of rotatable bonds is 7. The Morgan fingerprint density at radius 3 is 1.83 bits per heavy atom. The van der Waals surface area contributed by atoms with E-state index in [0.29, 0.717) is 10.9 Å². The smallest absolute Gasteiger partial charge is 0.324 e. The highest BCUT2D eigenvalue weighted by atomic mass is 31.2. The number of aromatic nitrogens is 2. The Bertz CT molecular complexity index is 2410. The van der Waals surface area contributed by atoms with Gasteiger partial charge in [-0.2, -0.15) is 0 Å². The van der Waals surface area contributed by atoms with Crippen molar-refractivity contribution in [3.63, 3.8) is 0 Å². The summed E-state index contributed by atoms with van der Waals surface area (Å²) >= 11 is 0. The lowest BCUT2D eigenvalue weighted by Crippen LogP contribution is -2.15. The fourth-order valence-electron chi connectivity index (χ4n) is 6.31. The van der Waals surface area contributed by atoms with E-state index in [-0.39, 0.29) is 6.42 Å². The largest absolute Gasteiger partial charge is 0.340 e. The van der Waals surface area contributed by atoms with Crippen LogP contribution >= 0.6 is 7.60 Å². The number of para-hydroxylation sites is 4. The second-order valence-corrected chi connectivity index (χ2v) is 13.4. The summed E-state index contributed by atoms with van der Waals surface area (Å²) in [5.74, 6) is -0.505. The molecule has 1 atom stereocenters. The van der Waals surface area contributed by atoms with E-state index in [1.807, 2.05) is 102 Å². The Balaban J connectivity index is 0.000000201. The average Bonchev–Trinajstić information content (AvgIpc) is 3.71. The molecule has 0 bridgehead atoms. The van der Waals surface area contributed by atoms with Gasteiger partial charge in [-0.05, 0) is 64.2 Å². The molecule has 0 amide bonds. The summed E-state index contributed by atoms with van der Waals surface area (Å²) in [5.41, 5.74) is 3.63. The maximum absolute atomic E-state index is 13.4. The fraction of sp³-hybridized carbons (Fsp3) is 0.0488. The third-order valence-corrected chi connectivity index (χ3v) is 9.78. The SMILES string of the molecule is O=C(Cc1ccc2ccccc2c1)C(c1cn(-c2ccccc2)c2ccccc12)P(=O)(O)O.c1ccc(-n2ccc3ccccc32)cc1.